The van der Waals surface area contributed by atoms with Crippen LogP contribution in [0.2, 0.25) is 0 Å². The summed E-state index contributed by atoms with van der Waals surface area (Å²) < 4.78 is 15.6. The number of carbonyl (C=O) groups excluding carboxylic acids is 1. The fourth-order valence-electron chi connectivity index (χ4n) is 1.32. The molecule has 0 saturated heterocycles. The Morgan fingerprint density at radius 3 is 3.12 bits per heavy atom. The third-order valence-corrected chi connectivity index (χ3v) is 2.10. The van der Waals surface area contributed by atoms with Crippen molar-refractivity contribution >= 4 is 5.91 Å². The number of ether oxygens (including phenoxy) is 3. The van der Waals surface area contributed by atoms with Gasteiger partial charge in [-0.15, -0.1) is 6.42 Å². The first-order valence-electron chi connectivity index (χ1n) is 5.02. The quantitative estimate of drug-likeness (QED) is 0.771. The molecular weight excluding hydrogens is 222 g/mol. The highest BCUT2D eigenvalue weighted by Gasteiger charge is 2.13. The molecule has 1 N–H and O–H groups in total. The van der Waals surface area contributed by atoms with Gasteiger partial charge in [-0.2, -0.15) is 0 Å². The maximum atomic E-state index is 11.2. The van der Waals surface area contributed by atoms with Crippen molar-refractivity contribution in [2.75, 3.05) is 19.9 Å². The number of rotatable bonds is 4. The average molecular weight is 233 g/mol. The van der Waals surface area contributed by atoms with Gasteiger partial charge in [0.1, 0.15) is 5.75 Å². The van der Waals surface area contributed by atoms with Crippen molar-refractivity contribution in [3.8, 4) is 29.6 Å². The Morgan fingerprint density at radius 1 is 1.47 bits per heavy atom. The monoisotopic (exact) mass is 233 g/mol. The van der Waals surface area contributed by atoms with Crippen molar-refractivity contribution in [3.05, 3.63) is 18.2 Å². The van der Waals surface area contributed by atoms with E-state index >= 15 is 0 Å². The maximum absolute atomic E-state index is 11.2. The summed E-state index contributed by atoms with van der Waals surface area (Å²) >= 11 is 0. The number of fused-ring (bicyclic) bond motifs is 1. The molecule has 0 aliphatic carbocycles. The molecule has 1 aliphatic rings. The van der Waals surface area contributed by atoms with Crippen molar-refractivity contribution in [2.24, 2.45) is 0 Å². The minimum atomic E-state index is -0.263. The molecule has 0 atom stereocenters. The van der Waals surface area contributed by atoms with Gasteiger partial charge in [-0.1, -0.05) is 5.92 Å². The van der Waals surface area contributed by atoms with E-state index in [0.29, 0.717) is 17.2 Å². The third kappa shape index (κ3) is 2.82. The van der Waals surface area contributed by atoms with E-state index in [1.807, 2.05) is 0 Å². The predicted octanol–water partition coefficient (Wildman–Crippen LogP) is 0.543. The minimum absolute atomic E-state index is 0.0820. The standard InChI is InChI=1S/C12H11NO4/c1-2-5-13-12(14)7-15-9-3-4-10-11(6-9)17-8-16-10/h1,3-4,6H,5,7-8H2,(H,13,14). The minimum Gasteiger partial charge on any atom is -0.484 e. The van der Waals surface area contributed by atoms with E-state index in [4.69, 9.17) is 20.6 Å². The van der Waals surface area contributed by atoms with Crippen LogP contribution in [-0.2, 0) is 4.79 Å². The van der Waals surface area contributed by atoms with Gasteiger partial charge >= 0.3 is 0 Å². The summed E-state index contributed by atoms with van der Waals surface area (Å²) in [6.07, 6.45) is 5.01. The van der Waals surface area contributed by atoms with Crippen LogP contribution < -0.4 is 19.5 Å². The summed E-state index contributed by atoms with van der Waals surface area (Å²) in [5.74, 6) is 3.88. The van der Waals surface area contributed by atoms with Crippen molar-refractivity contribution in [2.45, 2.75) is 0 Å². The molecule has 0 unspecified atom stereocenters. The van der Waals surface area contributed by atoms with Crippen molar-refractivity contribution in [1.29, 1.82) is 0 Å². The molecule has 0 fully saturated rings. The number of hydrogen-bond donors (Lipinski definition) is 1. The molecule has 88 valence electrons. The van der Waals surface area contributed by atoms with Crippen LogP contribution >= 0.6 is 0 Å². The Bertz CT molecular complexity index is 464. The summed E-state index contributed by atoms with van der Waals surface area (Å²) in [6, 6.07) is 5.12. The van der Waals surface area contributed by atoms with Gasteiger partial charge in [-0.3, -0.25) is 4.79 Å². The van der Waals surface area contributed by atoms with E-state index in [2.05, 4.69) is 11.2 Å². The molecule has 1 amide bonds. The number of carbonyl (C=O) groups is 1. The highest BCUT2D eigenvalue weighted by molar-refractivity contribution is 5.77. The Kier molecular flexibility index (Phi) is 3.36. The molecule has 0 bridgehead atoms. The molecule has 17 heavy (non-hydrogen) atoms. The number of nitrogens with one attached hydrogen (secondary N) is 1. The lowest BCUT2D eigenvalue weighted by molar-refractivity contribution is -0.122. The van der Waals surface area contributed by atoms with Gasteiger partial charge in [-0.05, 0) is 12.1 Å². The second-order valence-electron chi connectivity index (χ2n) is 3.28. The van der Waals surface area contributed by atoms with Crippen LogP contribution in [0.1, 0.15) is 0 Å². The van der Waals surface area contributed by atoms with Gasteiger partial charge in [0.05, 0.1) is 6.54 Å². The normalized spacial score (nSPS) is 11.7. The topological polar surface area (TPSA) is 56.8 Å². The lowest BCUT2D eigenvalue weighted by Crippen LogP contribution is -2.28. The predicted molar refractivity (Wildman–Crippen MR) is 59.9 cm³/mol. The summed E-state index contributed by atoms with van der Waals surface area (Å²) in [6.45, 7) is 0.325. The van der Waals surface area contributed by atoms with E-state index in [1.165, 1.54) is 0 Å². The lowest BCUT2D eigenvalue weighted by atomic mass is 10.3. The van der Waals surface area contributed by atoms with Crippen LogP contribution in [0.25, 0.3) is 0 Å². The first-order valence-corrected chi connectivity index (χ1v) is 5.02. The smallest absolute Gasteiger partial charge is 0.258 e. The first-order chi connectivity index (χ1) is 8.29. The Morgan fingerprint density at radius 2 is 2.29 bits per heavy atom. The number of amides is 1. The van der Waals surface area contributed by atoms with Gasteiger partial charge in [-0.25, -0.2) is 0 Å². The average Bonchev–Trinajstić information content (AvgIpc) is 2.81. The fourth-order valence-corrected chi connectivity index (χ4v) is 1.32. The maximum Gasteiger partial charge on any atom is 0.258 e. The lowest BCUT2D eigenvalue weighted by Gasteiger charge is -2.06. The number of hydrogen-bond acceptors (Lipinski definition) is 4. The second-order valence-corrected chi connectivity index (χ2v) is 3.28. The van der Waals surface area contributed by atoms with E-state index < -0.39 is 0 Å². The SMILES string of the molecule is C#CCNC(=O)COc1ccc2c(c1)OCO2. The van der Waals surface area contributed by atoms with Crippen molar-refractivity contribution in [1.82, 2.24) is 5.32 Å². The van der Waals surface area contributed by atoms with Crippen molar-refractivity contribution < 1.29 is 19.0 Å². The van der Waals surface area contributed by atoms with Crippen LogP contribution in [0, 0.1) is 12.3 Å². The molecule has 5 nitrogen and oxygen atoms in total. The number of terminal acetylenes is 1. The second kappa shape index (κ2) is 5.12. The van der Waals surface area contributed by atoms with Gasteiger partial charge in [0.2, 0.25) is 6.79 Å². The van der Waals surface area contributed by atoms with E-state index in [9.17, 15) is 4.79 Å². The van der Waals surface area contributed by atoms with Gasteiger partial charge < -0.3 is 19.5 Å². The molecule has 2 rings (SSSR count). The highest BCUT2D eigenvalue weighted by Crippen LogP contribution is 2.34. The molecule has 0 saturated carbocycles. The zero-order valence-corrected chi connectivity index (χ0v) is 9.06. The largest absolute Gasteiger partial charge is 0.484 e. The zero-order chi connectivity index (χ0) is 12.1. The Balaban J connectivity index is 1.87. The van der Waals surface area contributed by atoms with E-state index in [-0.39, 0.29) is 25.9 Å². The summed E-state index contributed by atoms with van der Waals surface area (Å²) in [5.41, 5.74) is 0. The van der Waals surface area contributed by atoms with Gasteiger partial charge in [0, 0.05) is 6.07 Å². The fraction of sp³-hybridized carbons (Fsp3) is 0.250. The highest BCUT2D eigenvalue weighted by atomic mass is 16.7. The van der Waals surface area contributed by atoms with Crippen LogP contribution in [0.4, 0.5) is 0 Å². The number of benzene rings is 1. The molecule has 1 aromatic rings. The molecule has 0 spiro atoms. The molecule has 0 aromatic heterocycles. The van der Waals surface area contributed by atoms with E-state index in [1.54, 1.807) is 18.2 Å². The Hall–Kier alpha value is -2.35. The van der Waals surface area contributed by atoms with Crippen LogP contribution in [0.15, 0.2) is 18.2 Å². The first kappa shape index (κ1) is 11.1. The van der Waals surface area contributed by atoms with Crippen LogP contribution in [-0.4, -0.2) is 25.9 Å². The molecule has 1 heterocycles. The van der Waals surface area contributed by atoms with Crippen molar-refractivity contribution in [3.63, 3.8) is 0 Å². The molecule has 5 heteroatoms. The third-order valence-electron chi connectivity index (χ3n) is 2.10. The summed E-state index contributed by atoms with van der Waals surface area (Å²) in [4.78, 5) is 11.2. The van der Waals surface area contributed by atoms with E-state index in [0.717, 1.165) is 0 Å². The molecular formula is C12H11NO4. The molecule has 1 aliphatic heterocycles. The molecule has 0 radical (unpaired) electrons. The summed E-state index contributed by atoms with van der Waals surface area (Å²) in [5, 5.41) is 2.50. The van der Waals surface area contributed by atoms with Crippen LogP contribution in [0.5, 0.6) is 17.2 Å². The summed E-state index contributed by atoms with van der Waals surface area (Å²) in [7, 11) is 0. The van der Waals surface area contributed by atoms with Gasteiger partial charge in [0.25, 0.3) is 5.91 Å². The van der Waals surface area contributed by atoms with Gasteiger partial charge in [0.15, 0.2) is 18.1 Å². The Labute approximate surface area is 98.7 Å². The zero-order valence-electron chi connectivity index (χ0n) is 9.06. The molecule has 1 aromatic carbocycles. The van der Waals surface area contributed by atoms with Crippen LogP contribution in [0.3, 0.4) is 0 Å².